The number of carbonyl (C=O) groups is 2. The highest BCUT2D eigenvalue weighted by atomic mass is 16.4. The van der Waals surface area contributed by atoms with E-state index in [0.717, 1.165) is 0 Å². The molecule has 0 aromatic carbocycles. The third kappa shape index (κ3) is 2.93. The smallest absolute Gasteiger partial charge is 0.329 e. The number of aliphatic carboxylic acids is 1. The number of hydrogen-bond donors (Lipinski definition) is 3. The highest BCUT2D eigenvalue weighted by Crippen LogP contribution is 2.35. The Morgan fingerprint density at radius 1 is 1.44 bits per heavy atom. The van der Waals surface area contributed by atoms with Crippen molar-refractivity contribution in [1.82, 2.24) is 15.5 Å². The number of likely N-dealkylation sites (N-methyl/N-ethyl adjacent to an activating group) is 1. The summed E-state index contributed by atoms with van der Waals surface area (Å²) in [6.45, 7) is 2.59. The number of carboxylic acid groups (broad SMARTS) is 1. The molecule has 2 amide bonds. The van der Waals surface area contributed by atoms with Crippen LogP contribution in [-0.2, 0) is 4.79 Å². The van der Waals surface area contributed by atoms with Crippen LogP contribution in [0.4, 0.5) is 4.79 Å². The molecule has 0 bridgehead atoms. The fourth-order valence-corrected chi connectivity index (χ4v) is 2.00. The van der Waals surface area contributed by atoms with E-state index >= 15 is 0 Å². The van der Waals surface area contributed by atoms with Crippen LogP contribution in [0.2, 0.25) is 0 Å². The second kappa shape index (κ2) is 4.76. The molecule has 3 N–H and O–H groups in total. The van der Waals surface area contributed by atoms with Gasteiger partial charge in [0.15, 0.2) is 0 Å². The standard InChI is InChI=1S/C12H21N3O3/c1-8(15(2)9-3-4-9)7-13-11(18)14-12(5-6-12)10(16)17/h8-9H,3-7H2,1-2H3,(H,16,17)(H2,13,14,18). The Bertz CT molecular complexity index is 350. The van der Waals surface area contributed by atoms with Gasteiger partial charge in [-0.25, -0.2) is 9.59 Å². The molecule has 1 atom stereocenters. The van der Waals surface area contributed by atoms with Crippen molar-refractivity contribution in [3.8, 4) is 0 Å². The molecule has 1 unspecified atom stereocenters. The lowest BCUT2D eigenvalue weighted by atomic mass is 10.3. The molecule has 18 heavy (non-hydrogen) atoms. The van der Waals surface area contributed by atoms with Crippen molar-refractivity contribution in [1.29, 1.82) is 0 Å². The maximum atomic E-state index is 11.6. The first-order chi connectivity index (χ1) is 8.44. The average molecular weight is 255 g/mol. The molecule has 0 aromatic heterocycles. The van der Waals surface area contributed by atoms with Crippen LogP contribution in [0.25, 0.3) is 0 Å². The van der Waals surface area contributed by atoms with E-state index in [2.05, 4.69) is 29.5 Å². The third-order valence-corrected chi connectivity index (χ3v) is 3.89. The van der Waals surface area contributed by atoms with E-state index in [1.54, 1.807) is 0 Å². The summed E-state index contributed by atoms with van der Waals surface area (Å²) in [6.07, 6.45) is 3.50. The molecule has 0 spiro atoms. The van der Waals surface area contributed by atoms with E-state index in [4.69, 9.17) is 5.11 Å². The summed E-state index contributed by atoms with van der Waals surface area (Å²) >= 11 is 0. The van der Waals surface area contributed by atoms with Gasteiger partial charge < -0.3 is 15.7 Å². The summed E-state index contributed by atoms with van der Waals surface area (Å²) in [7, 11) is 2.06. The Balaban J connectivity index is 1.70. The van der Waals surface area contributed by atoms with Crippen LogP contribution in [0.15, 0.2) is 0 Å². The lowest BCUT2D eigenvalue weighted by Crippen LogP contribution is -2.50. The monoisotopic (exact) mass is 255 g/mol. The van der Waals surface area contributed by atoms with Crippen molar-refractivity contribution in [2.24, 2.45) is 0 Å². The first-order valence-corrected chi connectivity index (χ1v) is 6.46. The largest absolute Gasteiger partial charge is 0.480 e. The third-order valence-electron chi connectivity index (χ3n) is 3.89. The molecular weight excluding hydrogens is 234 g/mol. The lowest BCUT2D eigenvalue weighted by molar-refractivity contribution is -0.140. The summed E-state index contributed by atoms with van der Waals surface area (Å²) in [6, 6.07) is 0.535. The van der Waals surface area contributed by atoms with Gasteiger partial charge in [0, 0.05) is 18.6 Å². The number of nitrogens with zero attached hydrogens (tertiary/aromatic N) is 1. The maximum Gasteiger partial charge on any atom is 0.329 e. The summed E-state index contributed by atoms with van der Waals surface area (Å²) in [5.74, 6) is -0.944. The Hall–Kier alpha value is -1.30. The lowest BCUT2D eigenvalue weighted by Gasteiger charge is -2.25. The van der Waals surface area contributed by atoms with Crippen molar-refractivity contribution < 1.29 is 14.7 Å². The van der Waals surface area contributed by atoms with Crippen molar-refractivity contribution in [2.75, 3.05) is 13.6 Å². The van der Waals surface area contributed by atoms with Crippen LogP contribution in [0.5, 0.6) is 0 Å². The van der Waals surface area contributed by atoms with E-state index in [0.29, 0.717) is 25.4 Å². The minimum atomic E-state index is -1.00. The van der Waals surface area contributed by atoms with Gasteiger partial charge in [0.1, 0.15) is 5.54 Å². The molecule has 2 fully saturated rings. The van der Waals surface area contributed by atoms with Gasteiger partial charge in [-0.2, -0.15) is 0 Å². The summed E-state index contributed by atoms with van der Waals surface area (Å²) in [5.41, 5.74) is -1.00. The molecule has 0 aromatic rings. The van der Waals surface area contributed by atoms with Gasteiger partial charge in [-0.3, -0.25) is 4.90 Å². The summed E-state index contributed by atoms with van der Waals surface area (Å²) < 4.78 is 0. The summed E-state index contributed by atoms with van der Waals surface area (Å²) in [5, 5.41) is 14.2. The second-order valence-corrected chi connectivity index (χ2v) is 5.47. The van der Waals surface area contributed by atoms with E-state index < -0.39 is 11.5 Å². The van der Waals surface area contributed by atoms with Crippen LogP contribution >= 0.6 is 0 Å². The highest BCUT2D eigenvalue weighted by molar-refractivity contribution is 5.88. The molecule has 102 valence electrons. The second-order valence-electron chi connectivity index (χ2n) is 5.47. The van der Waals surface area contributed by atoms with Crippen LogP contribution in [0.3, 0.4) is 0 Å². The molecular formula is C12H21N3O3. The molecule has 0 aliphatic heterocycles. The molecule has 0 saturated heterocycles. The van der Waals surface area contributed by atoms with Gasteiger partial charge in [0.05, 0.1) is 0 Å². The quantitative estimate of drug-likeness (QED) is 0.641. The van der Waals surface area contributed by atoms with E-state index in [1.807, 2.05) is 0 Å². The van der Waals surface area contributed by atoms with Crippen LogP contribution in [0.1, 0.15) is 32.6 Å². The minimum absolute atomic E-state index is 0.267. The molecule has 2 aliphatic carbocycles. The minimum Gasteiger partial charge on any atom is -0.480 e. The van der Waals surface area contributed by atoms with Crippen LogP contribution in [0, 0.1) is 0 Å². The SMILES string of the molecule is CC(CNC(=O)NC1(C(=O)O)CC1)N(C)C1CC1. The molecule has 0 heterocycles. The molecule has 0 radical (unpaired) electrons. The zero-order valence-electron chi connectivity index (χ0n) is 10.9. The highest BCUT2D eigenvalue weighted by Gasteiger charge is 2.51. The van der Waals surface area contributed by atoms with Gasteiger partial charge >= 0.3 is 12.0 Å². The van der Waals surface area contributed by atoms with E-state index in [-0.39, 0.29) is 12.1 Å². The Labute approximate surface area is 107 Å². The van der Waals surface area contributed by atoms with E-state index in [1.165, 1.54) is 12.8 Å². The topological polar surface area (TPSA) is 81.7 Å². The van der Waals surface area contributed by atoms with Crippen molar-refractivity contribution in [3.05, 3.63) is 0 Å². The van der Waals surface area contributed by atoms with E-state index in [9.17, 15) is 9.59 Å². The number of nitrogens with one attached hydrogen (secondary N) is 2. The Kier molecular flexibility index (Phi) is 3.47. The van der Waals surface area contributed by atoms with Crippen molar-refractivity contribution in [2.45, 2.75) is 50.2 Å². The fraction of sp³-hybridized carbons (Fsp3) is 0.833. The van der Waals surface area contributed by atoms with Gasteiger partial charge in [0.25, 0.3) is 0 Å². The number of urea groups is 1. The molecule has 2 rings (SSSR count). The number of carboxylic acids is 1. The normalized spacial score (nSPS) is 22.4. The molecule has 6 nitrogen and oxygen atoms in total. The number of carbonyl (C=O) groups excluding carboxylic acids is 1. The van der Waals surface area contributed by atoms with Gasteiger partial charge in [-0.05, 0) is 39.7 Å². The first-order valence-electron chi connectivity index (χ1n) is 6.46. The Morgan fingerprint density at radius 3 is 2.50 bits per heavy atom. The van der Waals surface area contributed by atoms with Gasteiger partial charge in [-0.15, -0.1) is 0 Å². The maximum absolute atomic E-state index is 11.6. The number of rotatable bonds is 6. The van der Waals surface area contributed by atoms with Crippen LogP contribution in [-0.4, -0.2) is 53.2 Å². The zero-order valence-corrected chi connectivity index (χ0v) is 10.9. The molecule has 2 aliphatic rings. The number of amides is 2. The van der Waals surface area contributed by atoms with Gasteiger partial charge in [-0.1, -0.05) is 0 Å². The van der Waals surface area contributed by atoms with Crippen LogP contribution < -0.4 is 10.6 Å². The van der Waals surface area contributed by atoms with Crippen molar-refractivity contribution >= 4 is 12.0 Å². The first kappa shape index (κ1) is 13.1. The Morgan fingerprint density at radius 2 is 2.06 bits per heavy atom. The predicted molar refractivity (Wildman–Crippen MR) is 66.4 cm³/mol. The molecule has 6 heteroatoms. The molecule has 2 saturated carbocycles. The zero-order chi connectivity index (χ0) is 13.3. The number of hydrogen-bond acceptors (Lipinski definition) is 3. The predicted octanol–water partition coefficient (Wildman–Crippen LogP) is 0.386. The average Bonchev–Trinajstić information content (AvgIpc) is 3.16. The fourth-order valence-electron chi connectivity index (χ4n) is 2.00. The summed E-state index contributed by atoms with van der Waals surface area (Å²) in [4.78, 5) is 24.8. The van der Waals surface area contributed by atoms with Crippen molar-refractivity contribution in [3.63, 3.8) is 0 Å². The van der Waals surface area contributed by atoms with Gasteiger partial charge in [0.2, 0.25) is 0 Å².